The molecule has 0 aromatic heterocycles. The maximum atomic E-state index is 12.0. The Kier molecular flexibility index (Phi) is 4.45. The summed E-state index contributed by atoms with van der Waals surface area (Å²) in [5.74, 6) is 2.59. The van der Waals surface area contributed by atoms with Gasteiger partial charge in [-0.25, -0.2) is 0 Å². The molecular formula is C27H44O3. The Morgan fingerprint density at radius 2 is 1.47 bits per heavy atom. The lowest BCUT2D eigenvalue weighted by molar-refractivity contribution is -0.225. The third kappa shape index (κ3) is 2.45. The van der Waals surface area contributed by atoms with E-state index in [9.17, 15) is 9.90 Å². The Morgan fingerprint density at radius 1 is 0.767 bits per heavy atom. The van der Waals surface area contributed by atoms with Crippen molar-refractivity contribution in [2.24, 2.45) is 45.3 Å². The topological polar surface area (TPSA) is 46.5 Å². The van der Waals surface area contributed by atoms with Gasteiger partial charge in [0.2, 0.25) is 0 Å². The van der Waals surface area contributed by atoms with E-state index in [0.29, 0.717) is 40.4 Å². The van der Waals surface area contributed by atoms with Gasteiger partial charge < -0.3 is 9.84 Å². The van der Waals surface area contributed by atoms with Crippen LogP contribution in [-0.2, 0) is 9.53 Å². The number of hydrogen-bond donors (Lipinski definition) is 1. The zero-order chi connectivity index (χ0) is 21.7. The third-order valence-corrected chi connectivity index (χ3v) is 12.3. The first-order valence-corrected chi connectivity index (χ1v) is 12.8. The number of ether oxygens (including phenoxy) is 1. The predicted molar refractivity (Wildman–Crippen MR) is 119 cm³/mol. The van der Waals surface area contributed by atoms with Crippen molar-refractivity contribution in [3.05, 3.63) is 0 Å². The first-order chi connectivity index (χ1) is 13.9. The van der Waals surface area contributed by atoms with E-state index in [4.69, 9.17) is 4.74 Å². The van der Waals surface area contributed by atoms with Gasteiger partial charge in [-0.1, -0.05) is 34.6 Å². The Labute approximate surface area is 183 Å². The lowest BCUT2D eigenvalue weighted by Gasteiger charge is -2.70. The average Bonchev–Trinajstić information content (AvgIpc) is 3.20. The summed E-state index contributed by atoms with van der Waals surface area (Å²) >= 11 is 0. The quantitative estimate of drug-likeness (QED) is 0.523. The molecule has 0 spiro atoms. The van der Waals surface area contributed by atoms with Crippen molar-refractivity contribution in [3.63, 3.8) is 0 Å². The third-order valence-electron chi connectivity index (χ3n) is 12.3. The molecule has 0 aromatic rings. The van der Waals surface area contributed by atoms with E-state index >= 15 is 0 Å². The molecule has 4 saturated carbocycles. The fourth-order valence-electron chi connectivity index (χ4n) is 10.4. The summed E-state index contributed by atoms with van der Waals surface area (Å²) in [5, 5.41) is 10.8. The van der Waals surface area contributed by atoms with E-state index in [-0.39, 0.29) is 23.1 Å². The second kappa shape index (κ2) is 6.27. The van der Waals surface area contributed by atoms with Crippen LogP contribution < -0.4 is 0 Å². The van der Waals surface area contributed by atoms with Crippen LogP contribution >= 0.6 is 0 Å². The molecule has 4 aliphatic carbocycles. The number of aliphatic hydroxyl groups excluding tert-OH is 1. The first kappa shape index (κ1) is 21.3. The summed E-state index contributed by atoms with van der Waals surface area (Å²) in [6, 6.07) is 0. The first-order valence-electron chi connectivity index (χ1n) is 12.8. The highest BCUT2D eigenvalue weighted by atomic mass is 16.6. The van der Waals surface area contributed by atoms with Crippen LogP contribution in [-0.4, -0.2) is 22.8 Å². The van der Waals surface area contributed by atoms with Gasteiger partial charge in [-0.15, -0.1) is 0 Å². The van der Waals surface area contributed by atoms with Gasteiger partial charge in [-0.3, -0.25) is 4.79 Å². The van der Waals surface area contributed by atoms with Gasteiger partial charge in [-0.05, 0) is 104 Å². The number of hydrogen-bond acceptors (Lipinski definition) is 3. The Hall–Kier alpha value is -0.570. The molecule has 0 amide bonds. The van der Waals surface area contributed by atoms with Crippen LogP contribution in [0.15, 0.2) is 0 Å². The molecule has 0 aromatic carbocycles. The lowest BCUT2D eigenvalue weighted by Crippen LogP contribution is -2.64. The second-order valence-electron chi connectivity index (χ2n) is 13.5. The van der Waals surface area contributed by atoms with Crippen molar-refractivity contribution in [2.75, 3.05) is 0 Å². The van der Waals surface area contributed by atoms with Crippen molar-refractivity contribution >= 4 is 5.97 Å². The van der Waals surface area contributed by atoms with Gasteiger partial charge in [0.05, 0.1) is 6.10 Å². The maximum absolute atomic E-state index is 12.0. The minimum Gasteiger partial charge on any atom is -0.459 e. The zero-order valence-corrected chi connectivity index (χ0v) is 20.2. The van der Waals surface area contributed by atoms with Crippen LogP contribution in [0.3, 0.4) is 0 Å². The normalized spacial score (nSPS) is 57.3. The largest absolute Gasteiger partial charge is 0.459 e. The van der Waals surface area contributed by atoms with E-state index in [2.05, 4.69) is 41.5 Å². The van der Waals surface area contributed by atoms with Crippen LogP contribution in [0.25, 0.3) is 0 Å². The molecule has 1 unspecified atom stereocenters. The number of esters is 1. The van der Waals surface area contributed by atoms with Gasteiger partial charge in [0, 0.05) is 12.3 Å². The monoisotopic (exact) mass is 416 g/mol. The highest BCUT2D eigenvalue weighted by Crippen LogP contribution is 2.76. The highest BCUT2D eigenvalue weighted by molar-refractivity contribution is 5.72. The molecule has 1 saturated heterocycles. The highest BCUT2D eigenvalue weighted by Gasteiger charge is 2.69. The van der Waals surface area contributed by atoms with Crippen molar-refractivity contribution < 1.29 is 14.6 Å². The molecule has 5 rings (SSSR count). The van der Waals surface area contributed by atoms with E-state index in [1.807, 2.05) is 0 Å². The summed E-state index contributed by atoms with van der Waals surface area (Å²) in [4.78, 5) is 12.0. The van der Waals surface area contributed by atoms with Crippen LogP contribution in [0.5, 0.6) is 0 Å². The van der Waals surface area contributed by atoms with Crippen LogP contribution in [0, 0.1) is 45.3 Å². The molecule has 3 heteroatoms. The SMILES string of the molecule is CC1(C)C(O)CC[C@]2(C)[C@H]3CC[C@@H]4[C@@H]([C@]5(C)CCC(=O)O5)CC[C@@]4(C)[C@]3(C)CC[C@@H]12. The Morgan fingerprint density at radius 3 is 2.13 bits per heavy atom. The fraction of sp³-hybridized carbons (Fsp3) is 0.963. The van der Waals surface area contributed by atoms with E-state index in [1.54, 1.807) is 0 Å². The standard InChI is InChI=1S/C27H44O3/c1-23(2)19-10-15-26(5)20(24(19,3)13-11-21(23)28)8-7-17-18(9-14-25(17,26)4)27(6)16-12-22(29)30-27/h17-21,28H,7-16H2,1-6H3/t17-,18+,19+,20-,21?,24+,25-,26-,27+/m1/s1. The van der Waals surface area contributed by atoms with Crippen LogP contribution in [0.2, 0.25) is 0 Å². The smallest absolute Gasteiger partial charge is 0.306 e. The molecule has 5 aliphatic rings. The van der Waals surface area contributed by atoms with E-state index < -0.39 is 0 Å². The van der Waals surface area contributed by atoms with Gasteiger partial charge >= 0.3 is 5.97 Å². The lowest BCUT2D eigenvalue weighted by atomic mass is 9.35. The fourth-order valence-corrected chi connectivity index (χ4v) is 10.4. The minimum absolute atomic E-state index is 0.0158. The average molecular weight is 417 g/mol. The molecule has 170 valence electrons. The van der Waals surface area contributed by atoms with Gasteiger partial charge in [0.1, 0.15) is 5.60 Å². The van der Waals surface area contributed by atoms with Crippen molar-refractivity contribution in [1.29, 1.82) is 0 Å². The van der Waals surface area contributed by atoms with Crippen molar-refractivity contribution in [2.45, 2.75) is 117 Å². The molecule has 1 heterocycles. The second-order valence-corrected chi connectivity index (χ2v) is 13.5. The van der Waals surface area contributed by atoms with Gasteiger partial charge in [0.15, 0.2) is 0 Å². The Balaban J connectivity index is 1.49. The van der Waals surface area contributed by atoms with E-state index in [0.717, 1.165) is 18.8 Å². The summed E-state index contributed by atoms with van der Waals surface area (Å²) in [6.07, 6.45) is 11.2. The zero-order valence-electron chi connectivity index (χ0n) is 20.2. The Bertz CT molecular complexity index is 744. The molecule has 30 heavy (non-hydrogen) atoms. The van der Waals surface area contributed by atoms with Crippen LogP contribution in [0.1, 0.15) is 106 Å². The minimum atomic E-state index is -0.235. The number of fused-ring (bicyclic) bond motifs is 5. The number of cyclic esters (lactones) is 1. The molecule has 5 fully saturated rings. The van der Waals surface area contributed by atoms with Crippen LogP contribution in [0.4, 0.5) is 0 Å². The number of rotatable bonds is 1. The van der Waals surface area contributed by atoms with E-state index in [1.165, 1.54) is 44.9 Å². The van der Waals surface area contributed by atoms with Gasteiger partial charge in [-0.2, -0.15) is 0 Å². The molecule has 0 radical (unpaired) electrons. The van der Waals surface area contributed by atoms with Crippen molar-refractivity contribution in [1.82, 2.24) is 0 Å². The number of aliphatic hydroxyl groups is 1. The summed E-state index contributed by atoms with van der Waals surface area (Å²) in [5.41, 5.74) is 0.822. The summed E-state index contributed by atoms with van der Waals surface area (Å²) < 4.78 is 5.97. The molecular weight excluding hydrogens is 372 g/mol. The number of carbonyl (C=O) groups is 1. The molecule has 9 atom stereocenters. The molecule has 1 aliphatic heterocycles. The van der Waals surface area contributed by atoms with Gasteiger partial charge in [0.25, 0.3) is 0 Å². The molecule has 3 nitrogen and oxygen atoms in total. The molecule has 1 N–H and O–H groups in total. The summed E-state index contributed by atoms with van der Waals surface area (Å²) in [7, 11) is 0. The summed E-state index contributed by atoms with van der Waals surface area (Å²) in [6.45, 7) is 14.7. The molecule has 0 bridgehead atoms. The van der Waals surface area contributed by atoms with Crippen molar-refractivity contribution in [3.8, 4) is 0 Å². The number of carbonyl (C=O) groups excluding carboxylic acids is 1. The maximum Gasteiger partial charge on any atom is 0.306 e. The predicted octanol–water partition coefficient (Wildman–Crippen LogP) is 6.13.